The maximum Gasteiger partial charge on any atom is 0.417 e. The molecular weight excluding hydrogens is 357 g/mol. The van der Waals surface area contributed by atoms with Gasteiger partial charge in [0.2, 0.25) is 0 Å². The molecule has 0 radical (unpaired) electrons. The Morgan fingerprint density at radius 2 is 1.64 bits per heavy atom. The second-order valence-electron chi connectivity index (χ2n) is 5.24. The van der Waals surface area contributed by atoms with E-state index in [2.05, 4.69) is 0 Å². The molecule has 0 bridgehead atoms. The lowest BCUT2D eigenvalue weighted by molar-refractivity contribution is -0.137. The zero-order valence-electron chi connectivity index (χ0n) is 12.5. The normalized spacial score (nSPS) is 12.3. The summed E-state index contributed by atoms with van der Waals surface area (Å²) in [5, 5.41) is 1.45. The van der Waals surface area contributed by atoms with Gasteiger partial charge in [-0.25, -0.2) is 8.42 Å². The van der Waals surface area contributed by atoms with Crippen molar-refractivity contribution in [2.24, 2.45) is 0 Å². The van der Waals surface area contributed by atoms with Crippen LogP contribution < -0.4 is 10.3 Å². The lowest BCUT2D eigenvalue weighted by Gasteiger charge is -2.11. The molecule has 2 aromatic carbocycles. The van der Waals surface area contributed by atoms with Gasteiger partial charge in [0.15, 0.2) is 0 Å². The summed E-state index contributed by atoms with van der Waals surface area (Å²) < 4.78 is 64.9. The number of H-pyrrole nitrogens is 1. The first-order valence-electron chi connectivity index (χ1n) is 6.98. The molecule has 25 heavy (non-hydrogen) atoms. The number of hydrogen-bond donors (Lipinski definition) is 2. The van der Waals surface area contributed by atoms with E-state index < -0.39 is 33.0 Å². The number of pyridine rings is 1. The number of aromatic nitrogens is 1. The van der Waals surface area contributed by atoms with Gasteiger partial charge in [-0.15, -0.1) is 0 Å². The number of fused-ring (bicyclic) bond motifs is 1. The van der Waals surface area contributed by atoms with Gasteiger partial charge in [0, 0.05) is 6.20 Å². The van der Waals surface area contributed by atoms with Crippen molar-refractivity contribution in [2.45, 2.75) is 11.1 Å². The quantitative estimate of drug-likeness (QED) is 0.744. The maximum atomic E-state index is 12.7. The molecule has 0 unspecified atom stereocenters. The summed E-state index contributed by atoms with van der Waals surface area (Å²) >= 11 is 0. The van der Waals surface area contributed by atoms with E-state index in [0.717, 1.165) is 5.39 Å². The second-order valence-corrected chi connectivity index (χ2v) is 6.93. The molecule has 0 atom stereocenters. The monoisotopic (exact) mass is 368 g/mol. The minimum Gasteiger partial charge on any atom is -0.327 e. The summed E-state index contributed by atoms with van der Waals surface area (Å²) in [6.45, 7) is 0. The Balaban J connectivity index is 2.02. The summed E-state index contributed by atoms with van der Waals surface area (Å²) in [6.07, 6.45) is -4.23. The third-order valence-electron chi connectivity index (χ3n) is 3.51. The molecule has 1 heterocycles. The zero-order chi connectivity index (χ0) is 18.2. The number of anilines is 1. The van der Waals surface area contributed by atoms with Crippen LogP contribution in [0.4, 0.5) is 18.9 Å². The summed E-state index contributed by atoms with van der Waals surface area (Å²) in [5.41, 5.74) is -2.84. The van der Waals surface area contributed by atoms with Crippen molar-refractivity contribution in [3.63, 3.8) is 0 Å². The van der Waals surface area contributed by atoms with Gasteiger partial charge < -0.3 is 4.98 Å². The molecule has 0 saturated carbocycles. The lowest BCUT2D eigenvalue weighted by atomic mass is 10.1. The molecule has 3 aromatic rings. The van der Waals surface area contributed by atoms with Crippen molar-refractivity contribution in [3.8, 4) is 0 Å². The van der Waals surface area contributed by atoms with Gasteiger partial charge in [-0.3, -0.25) is 9.52 Å². The van der Waals surface area contributed by atoms with E-state index in [0.29, 0.717) is 17.6 Å². The highest BCUT2D eigenvalue weighted by Gasteiger charge is 2.32. The number of benzene rings is 2. The standard InChI is InChI=1S/C16H11F3N2O3S/c17-16(18,19)12-8-14(15(22)20-9-12)21-25(23,24)13-6-5-10-3-1-2-4-11(10)7-13/h1-9,21H,(H,20,22). The third-order valence-corrected chi connectivity index (χ3v) is 4.87. The van der Waals surface area contributed by atoms with Crippen LogP contribution in [0.25, 0.3) is 10.8 Å². The van der Waals surface area contributed by atoms with E-state index in [1.165, 1.54) is 12.1 Å². The fourth-order valence-electron chi connectivity index (χ4n) is 2.26. The van der Waals surface area contributed by atoms with Crippen LogP contribution in [0.15, 0.2) is 64.4 Å². The van der Waals surface area contributed by atoms with Crippen molar-refractivity contribution < 1.29 is 21.6 Å². The molecule has 0 aliphatic carbocycles. The summed E-state index contributed by atoms with van der Waals surface area (Å²) in [4.78, 5) is 13.4. The highest BCUT2D eigenvalue weighted by molar-refractivity contribution is 7.92. The average molecular weight is 368 g/mol. The number of alkyl halides is 3. The Kier molecular flexibility index (Phi) is 4.03. The maximum absolute atomic E-state index is 12.7. The molecule has 0 fully saturated rings. The first kappa shape index (κ1) is 17.0. The van der Waals surface area contributed by atoms with E-state index in [9.17, 15) is 26.4 Å². The van der Waals surface area contributed by atoms with Crippen molar-refractivity contribution in [3.05, 3.63) is 70.6 Å². The minimum absolute atomic E-state index is 0.164. The predicted molar refractivity (Wildman–Crippen MR) is 86.8 cm³/mol. The van der Waals surface area contributed by atoms with Crippen LogP contribution in [0.3, 0.4) is 0 Å². The number of sulfonamides is 1. The molecule has 1 aromatic heterocycles. The van der Waals surface area contributed by atoms with Crippen molar-refractivity contribution >= 4 is 26.5 Å². The van der Waals surface area contributed by atoms with Crippen LogP contribution in [0, 0.1) is 0 Å². The average Bonchev–Trinajstić information content (AvgIpc) is 2.55. The van der Waals surface area contributed by atoms with Gasteiger partial charge in [-0.1, -0.05) is 30.3 Å². The molecular formula is C16H11F3N2O3S. The van der Waals surface area contributed by atoms with Crippen molar-refractivity contribution in [1.29, 1.82) is 0 Å². The van der Waals surface area contributed by atoms with Crippen LogP contribution in [-0.2, 0) is 16.2 Å². The largest absolute Gasteiger partial charge is 0.417 e. The molecule has 9 heteroatoms. The molecule has 3 rings (SSSR count). The van der Waals surface area contributed by atoms with Crippen LogP contribution in [0.2, 0.25) is 0 Å². The minimum atomic E-state index is -4.71. The van der Waals surface area contributed by atoms with Crippen molar-refractivity contribution in [1.82, 2.24) is 4.98 Å². The van der Waals surface area contributed by atoms with Gasteiger partial charge in [0.25, 0.3) is 15.6 Å². The van der Waals surface area contributed by atoms with Crippen LogP contribution in [-0.4, -0.2) is 13.4 Å². The SMILES string of the molecule is O=c1[nH]cc(C(F)(F)F)cc1NS(=O)(=O)c1ccc2ccccc2c1. The zero-order valence-corrected chi connectivity index (χ0v) is 13.3. The van der Waals surface area contributed by atoms with Crippen LogP contribution >= 0.6 is 0 Å². The molecule has 0 amide bonds. The third kappa shape index (κ3) is 3.50. The molecule has 5 nitrogen and oxygen atoms in total. The molecule has 0 saturated heterocycles. The first-order chi connectivity index (χ1) is 11.7. The molecule has 0 aliphatic heterocycles. The highest BCUT2D eigenvalue weighted by Crippen LogP contribution is 2.29. The number of halogens is 3. The summed E-state index contributed by atoms with van der Waals surface area (Å²) in [6, 6.07) is 11.7. The van der Waals surface area contributed by atoms with E-state index in [1.807, 2.05) is 9.71 Å². The fraction of sp³-hybridized carbons (Fsp3) is 0.0625. The van der Waals surface area contributed by atoms with E-state index in [-0.39, 0.29) is 4.90 Å². The summed E-state index contributed by atoms with van der Waals surface area (Å²) in [5.74, 6) is 0. The topological polar surface area (TPSA) is 79.0 Å². The summed E-state index contributed by atoms with van der Waals surface area (Å²) in [7, 11) is -4.23. The van der Waals surface area contributed by atoms with E-state index >= 15 is 0 Å². The Hall–Kier alpha value is -2.81. The second kappa shape index (κ2) is 5.92. The molecule has 0 aliphatic rings. The number of nitrogens with one attached hydrogen (secondary N) is 2. The lowest BCUT2D eigenvalue weighted by Crippen LogP contribution is -2.21. The molecule has 0 spiro atoms. The van der Waals surface area contributed by atoms with Gasteiger partial charge in [-0.05, 0) is 29.0 Å². The fourth-order valence-corrected chi connectivity index (χ4v) is 3.35. The van der Waals surface area contributed by atoms with Gasteiger partial charge in [0.1, 0.15) is 5.69 Å². The number of hydrogen-bond acceptors (Lipinski definition) is 3. The van der Waals surface area contributed by atoms with Gasteiger partial charge >= 0.3 is 6.18 Å². The van der Waals surface area contributed by atoms with E-state index in [1.54, 1.807) is 30.3 Å². The van der Waals surface area contributed by atoms with Crippen molar-refractivity contribution in [2.75, 3.05) is 4.72 Å². The Morgan fingerprint density at radius 3 is 2.32 bits per heavy atom. The molecule has 2 N–H and O–H groups in total. The highest BCUT2D eigenvalue weighted by atomic mass is 32.2. The predicted octanol–water partition coefficient (Wildman–Crippen LogP) is 3.35. The van der Waals surface area contributed by atoms with Crippen LogP contribution in [0.5, 0.6) is 0 Å². The van der Waals surface area contributed by atoms with Gasteiger partial charge in [0.05, 0.1) is 10.5 Å². The number of rotatable bonds is 3. The Morgan fingerprint density at radius 1 is 0.960 bits per heavy atom. The first-order valence-corrected chi connectivity index (χ1v) is 8.47. The van der Waals surface area contributed by atoms with Crippen LogP contribution in [0.1, 0.15) is 5.56 Å². The Labute approximate surface area is 140 Å². The van der Waals surface area contributed by atoms with Gasteiger partial charge in [-0.2, -0.15) is 13.2 Å². The molecule has 130 valence electrons. The van der Waals surface area contributed by atoms with E-state index in [4.69, 9.17) is 0 Å². The Bertz CT molecular complexity index is 1110. The number of aromatic amines is 1. The smallest absolute Gasteiger partial charge is 0.327 e.